The Labute approximate surface area is 201 Å². The number of nitrogens with zero attached hydrogens (tertiary/aromatic N) is 3. The Morgan fingerprint density at radius 2 is 1.97 bits per heavy atom. The van der Waals surface area contributed by atoms with Crippen LogP contribution in [0.15, 0.2) is 40.3 Å². The highest BCUT2D eigenvalue weighted by atomic mass is 32.2. The average molecular weight is 485 g/mol. The van der Waals surface area contributed by atoms with Crippen LogP contribution in [0.2, 0.25) is 0 Å². The van der Waals surface area contributed by atoms with Crippen LogP contribution >= 0.6 is 11.8 Å². The third-order valence-corrected chi connectivity index (χ3v) is 7.27. The Bertz CT molecular complexity index is 1240. The van der Waals surface area contributed by atoms with E-state index in [1.54, 1.807) is 4.57 Å². The van der Waals surface area contributed by atoms with Gasteiger partial charge in [-0.05, 0) is 44.9 Å². The van der Waals surface area contributed by atoms with E-state index in [-0.39, 0.29) is 29.4 Å². The predicted molar refractivity (Wildman–Crippen MR) is 127 cm³/mol. The zero-order chi connectivity index (χ0) is 23.7. The van der Waals surface area contributed by atoms with Gasteiger partial charge in [-0.15, -0.1) is 5.10 Å². The maximum atomic E-state index is 13.1. The van der Waals surface area contributed by atoms with E-state index >= 15 is 0 Å². The van der Waals surface area contributed by atoms with Crippen molar-refractivity contribution in [2.75, 3.05) is 19.0 Å². The molecule has 1 saturated heterocycles. The van der Waals surface area contributed by atoms with Gasteiger partial charge < -0.3 is 18.8 Å². The van der Waals surface area contributed by atoms with Crippen LogP contribution in [0.5, 0.6) is 11.5 Å². The van der Waals surface area contributed by atoms with E-state index < -0.39 is 0 Å². The number of H-pyrrole nitrogens is 1. The summed E-state index contributed by atoms with van der Waals surface area (Å²) >= 11 is 1.27. The molecule has 1 fully saturated rings. The summed E-state index contributed by atoms with van der Waals surface area (Å²) in [4.78, 5) is 25.3. The zero-order valence-corrected chi connectivity index (χ0v) is 20.1. The first-order valence-electron chi connectivity index (χ1n) is 11.5. The Morgan fingerprint density at radius 3 is 2.76 bits per heavy atom. The van der Waals surface area contributed by atoms with E-state index in [0.29, 0.717) is 30.4 Å². The molecular weight excluding hydrogens is 456 g/mol. The topological polar surface area (TPSA) is 100 Å². The van der Waals surface area contributed by atoms with Crippen molar-refractivity contribution in [3.8, 4) is 11.5 Å². The Kier molecular flexibility index (Phi) is 6.51. The molecule has 0 radical (unpaired) electrons. The molecule has 3 aromatic rings. The zero-order valence-electron chi connectivity index (χ0n) is 19.3. The summed E-state index contributed by atoms with van der Waals surface area (Å²) in [7, 11) is 0. The number of benzene rings is 1. The van der Waals surface area contributed by atoms with Crippen LogP contribution in [0, 0.1) is 13.8 Å². The lowest BCUT2D eigenvalue weighted by atomic mass is 10.2. The summed E-state index contributed by atoms with van der Waals surface area (Å²) < 4.78 is 21.2. The molecule has 2 unspecified atom stereocenters. The second-order valence-corrected chi connectivity index (χ2v) is 9.60. The van der Waals surface area contributed by atoms with Crippen molar-refractivity contribution in [3.05, 3.63) is 57.8 Å². The molecule has 1 N–H and O–H groups in total. The lowest BCUT2D eigenvalue weighted by Gasteiger charge is -2.27. The van der Waals surface area contributed by atoms with E-state index in [1.807, 2.05) is 44.2 Å². The molecule has 10 heteroatoms. The van der Waals surface area contributed by atoms with Crippen LogP contribution < -0.4 is 15.2 Å². The van der Waals surface area contributed by atoms with Crippen molar-refractivity contribution >= 4 is 17.5 Å². The molecule has 1 aromatic carbocycles. The maximum absolute atomic E-state index is 13.1. The van der Waals surface area contributed by atoms with Gasteiger partial charge in [-0.3, -0.25) is 9.36 Å². The molecule has 0 bridgehead atoms. The van der Waals surface area contributed by atoms with Crippen LogP contribution in [-0.2, 0) is 17.8 Å². The predicted octanol–water partition coefficient (Wildman–Crippen LogP) is 2.98. The number of nitrogens with one attached hydrogen (secondary N) is 1. The molecule has 0 aliphatic carbocycles. The number of aromatic nitrogens is 4. The number of thioether (sulfide) groups is 1. The average Bonchev–Trinajstić information content (AvgIpc) is 3.55. The van der Waals surface area contributed by atoms with Gasteiger partial charge in [0.05, 0.1) is 24.9 Å². The number of Topliss-reactive ketones (excluding diaryl/α,β-unsaturated/α-hetero) is 1. The minimum absolute atomic E-state index is 0.00498. The van der Waals surface area contributed by atoms with Gasteiger partial charge in [-0.2, -0.15) is 0 Å². The highest BCUT2D eigenvalue weighted by molar-refractivity contribution is 7.99. The van der Waals surface area contributed by atoms with Crippen molar-refractivity contribution in [2.45, 2.75) is 57.1 Å². The fraction of sp³-hybridized carbons (Fsp3) is 0.458. The van der Waals surface area contributed by atoms with E-state index in [4.69, 9.17) is 14.2 Å². The Hall–Kier alpha value is -2.98. The first kappa shape index (κ1) is 22.8. The molecule has 2 aliphatic heterocycles. The lowest BCUT2D eigenvalue weighted by molar-refractivity contribution is 0.0777. The van der Waals surface area contributed by atoms with Gasteiger partial charge in [0.2, 0.25) is 0 Å². The number of aromatic amines is 1. The number of ether oxygens (including phenoxy) is 3. The van der Waals surface area contributed by atoms with Crippen LogP contribution in [0.3, 0.4) is 0 Å². The SMILES string of the molecule is Cc1cc(C(=O)CSc2n[nH]c(=O)n2CC2CCCO2)c(C)n1CC1COc2ccccc2O1. The van der Waals surface area contributed by atoms with E-state index in [1.165, 1.54) is 11.8 Å². The molecule has 180 valence electrons. The fourth-order valence-corrected chi connectivity index (χ4v) is 5.33. The molecule has 0 saturated carbocycles. The molecule has 0 amide bonds. The van der Waals surface area contributed by atoms with Gasteiger partial charge in [0, 0.05) is 23.6 Å². The summed E-state index contributed by atoms with van der Waals surface area (Å²) in [5.74, 6) is 1.68. The first-order valence-corrected chi connectivity index (χ1v) is 12.5. The number of ketones is 1. The second kappa shape index (κ2) is 9.71. The number of rotatable bonds is 8. The highest BCUT2D eigenvalue weighted by Gasteiger charge is 2.25. The standard InChI is InChI=1S/C24H28N4O5S/c1-15-10-19(16(2)27(15)12-18-13-32-21-7-3-4-8-22(21)33-18)20(29)14-34-24-26-25-23(30)28(24)11-17-6-5-9-31-17/h3-4,7-8,10,17-18H,5-6,9,11-14H2,1-2H3,(H,25,30). The van der Waals surface area contributed by atoms with Crippen molar-refractivity contribution in [3.63, 3.8) is 0 Å². The normalized spacial score (nSPS) is 19.5. The summed E-state index contributed by atoms with van der Waals surface area (Å²) in [5.41, 5.74) is 2.28. The molecule has 2 aliphatic rings. The summed E-state index contributed by atoms with van der Waals surface area (Å²) in [6.45, 7) is 6.15. The minimum atomic E-state index is -0.278. The Balaban J connectivity index is 1.24. The molecule has 2 atom stereocenters. The van der Waals surface area contributed by atoms with Gasteiger partial charge in [0.25, 0.3) is 0 Å². The summed E-state index contributed by atoms with van der Waals surface area (Å²) in [6, 6.07) is 9.55. The smallest absolute Gasteiger partial charge is 0.344 e. The van der Waals surface area contributed by atoms with Crippen molar-refractivity contribution < 1.29 is 19.0 Å². The Morgan fingerprint density at radius 1 is 1.18 bits per heavy atom. The molecule has 4 heterocycles. The van der Waals surface area contributed by atoms with E-state index in [9.17, 15) is 9.59 Å². The van der Waals surface area contributed by atoms with Crippen LogP contribution in [0.25, 0.3) is 0 Å². The first-order chi connectivity index (χ1) is 16.5. The summed E-state index contributed by atoms with van der Waals surface area (Å²) in [6.07, 6.45) is 1.79. The molecule has 2 aromatic heterocycles. The minimum Gasteiger partial charge on any atom is -0.486 e. The van der Waals surface area contributed by atoms with Crippen molar-refractivity contribution in [1.29, 1.82) is 0 Å². The van der Waals surface area contributed by atoms with Crippen LogP contribution in [0.1, 0.15) is 34.6 Å². The summed E-state index contributed by atoms with van der Waals surface area (Å²) in [5, 5.41) is 7.11. The maximum Gasteiger partial charge on any atom is 0.344 e. The number of para-hydroxylation sites is 2. The molecular formula is C24H28N4O5S. The number of hydrogen-bond donors (Lipinski definition) is 1. The second-order valence-electron chi connectivity index (χ2n) is 8.66. The van der Waals surface area contributed by atoms with Crippen LogP contribution in [0.4, 0.5) is 0 Å². The van der Waals surface area contributed by atoms with E-state index in [2.05, 4.69) is 14.8 Å². The van der Waals surface area contributed by atoms with Gasteiger partial charge in [-0.25, -0.2) is 9.89 Å². The van der Waals surface area contributed by atoms with E-state index in [0.717, 1.165) is 42.3 Å². The van der Waals surface area contributed by atoms with Gasteiger partial charge in [-0.1, -0.05) is 23.9 Å². The van der Waals surface area contributed by atoms with Crippen molar-refractivity contribution in [1.82, 2.24) is 19.3 Å². The molecule has 5 rings (SSSR count). The molecule has 34 heavy (non-hydrogen) atoms. The number of carbonyl (C=O) groups is 1. The highest BCUT2D eigenvalue weighted by Crippen LogP contribution is 2.32. The lowest BCUT2D eigenvalue weighted by Crippen LogP contribution is -2.33. The third-order valence-electron chi connectivity index (χ3n) is 6.29. The largest absolute Gasteiger partial charge is 0.486 e. The van der Waals surface area contributed by atoms with Crippen molar-refractivity contribution in [2.24, 2.45) is 0 Å². The quantitative estimate of drug-likeness (QED) is 0.388. The van der Waals surface area contributed by atoms with Gasteiger partial charge in [0.15, 0.2) is 28.5 Å². The van der Waals surface area contributed by atoms with Crippen LogP contribution in [-0.4, -0.2) is 56.3 Å². The number of carbonyl (C=O) groups excluding carboxylic acids is 1. The number of aryl methyl sites for hydroxylation is 1. The molecule has 0 spiro atoms. The monoisotopic (exact) mass is 484 g/mol. The van der Waals surface area contributed by atoms with Gasteiger partial charge in [0.1, 0.15) is 6.61 Å². The number of fused-ring (bicyclic) bond motifs is 1. The molecule has 9 nitrogen and oxygen atoms in total. The third kappa shape index (κ3) is 4.65. The van der Waals surface area contributed by atoms with Gasteiger partial charge >= 0.3 is 5.69 Å². The number of hydrogen-bond acceptors (Lipinski definition) is 7. The fourth-order valence-electron chi connectivity index (χ4n) is 4.50.